The van der Waals surface area contributed by atoms with Gasteiger partial charge in [-0.3, -0.25) is 9.59 Å². The predicted octanol–water partition coefficient (Wildman–Crippen LogP) is 3.03. The molecule has 2 amide bonds. The van der Waals surface area contributed by atoms with Crippen LogP contribution in [0.5, 0.6) is 0 Å². The molecule has 0 spiro atoms. The van der Waals surface area contributed by atoms with Gasteiger partial charge >= 0.3 is 0 Å². The van der Waals surface area contributed by atoms with Crippen LogP contribution in [0.25, 0.3) is 0 Å². The third-order valence-corrected chi connectivity index (χ3v) is 6.81. The molecule has 0 aromatic heterocycles. The van der Waals surface area contributed by atoms with Crippen LogP contribution >= 0.6 is 11.6 Å². The summed E-state index contributed by atoms with van der Waals surface area (Å²) < 4.78 is 26.2. The quantitative estimate of drug-likeness (QED) is 0.755. The van der Waals surface area contributed by atoms with Crippen LogP contribution in [0.3, 0.4) is 0 Å². The highest BCUT2D eigenvalue weighted by atomic mass is 35.5. The monoisotopic (exact) mass is 435 g/mol. The minimum Gasteiger partial charge on any atom is -0.325 e. The van der Waals surface area contributed by atoms with E-state index in [0.717, 1.165) is 22.0 Å². The molecule has 3 rings (SSSR count). The third-order valence-electron chi connectivity index (χ3n) is 4.75. The van der Waals surface area contributed by atoms with Gasteiger partial charge in [0.1, 0.15) is 0 Å². The molecular formula is C20H22ClN3O4S. The molecule has 0 bridgehead atoms. The van der Waals surface area contributed by atoms with Crippen molar-refractivity contribution in [2.75, 3.05) is 30.4 Å². The molecule has 154 valence electrons. The lowest BCUT2D eigenvalue weighted by Gasteiger charge is -2.20. The number of nitrogens with one attached hydrogen (secondary N) is 1. The molecule has 1 aliphatic rings. The van der Waals surface area contributed by atoms with Gasteiger partial charge in [-0.15, -0.1) is 0 Å². The van der Waals surface area contributed by atoms with Gasteiger partial charge in [0.25, 0.3) is 0 Å². The number of nitrogens with zero attached hydrogens (tertiary/aromatic N) is 2. The maximum absolute atomic E-state index is 12.6. The van der Waals surface area contributed by atoms with Crippen molar-refractivity contribution >= 4 is 44.8 Å². The molecule has 0 unspecified atom stereocenters. The summed E-state index contributed by atoms with van der Waals surface area (Å²) in [5, 5.41) is 3.13. The molecule has 2 aromatic rings. The molecule has 1 aliphatic heterocycles. The van der Waals surface area contributed by atoms with Crippen molar-refractivity contribution in [2.45, 2.75) is 24.7 Å². The summed E-state index contributed by atoms with van der Waals surface area (Å²) in [6.45, 7) is 2.20. The summed E-state index contributed by atoms with van der Waals surface area (Å²) in [5.41, 5.74) is 2.20. The van der Waals surface area contributed by atoms with E-state index in [2.05, 4.69) is 5.32 Å². The molecule has 1 saturated heterocycles. The van der Waals surface area contributed by atoms with Crippen LogP contribution in [0.4, 0.5) is 11.4 Å². The van der Waals surface area contributed by atoms with E-state index in [4.69, 9.17) is 11.6 Å². The van der Waals surface area contributed by atoms with E-state index < -0.39 is 15.9 Å². The number of likely N-dealkylation sites (N-methyl/N-ethyl adjacent to an activating group) is 1. The van der Waals surface area contributed by atoms with Crippen LogP contribution in [-0.4, -0.2) is 44.7 Å². The Morgan fingerprint density at radius 2 is 1.90 bits per heavy atom. The number of rotatable bonds is 6. The number of aryl methyl sites for hydroxylation is 1. The van der Waals surface area contributed by atoms with Crippen molar-refractivity contribution in [2.24, 2.45) is 0 Å². The van der Waals surface area contributed by atoms with Gasteiger partial charge in [0, 0.05) is 36.4 Å². The number of carbonyl (C=O) groups excluding carboxylic acids is 2. The van der Waals surface area contributed by atoms with Crippen molar-refractivity contribution < 1.29 is 18.0 Å². The number of hydrogen-bond acceptors (Lipinski definition) is 4. The first-order chi connectivity index (χ1) is 13.7. The van der Waals surface area contributed by atoms with E-state index in [9.17, 15) is 18.0 Å². The van der Waals surface area contributed by atoms with E-state index >= 15 is 0 Å². The number of hydrogen-bond donors (Lipinski definition) is 1. The maximum atomic E-state index is 12.6. The van der Waals surface area contributed by atoms with Gasteiger partial charge in [-0.05, 0) is 55.3 Å². The molecular weight excluding hydrogens is 414 g/mol. The zero-order valence-corrected chi connectivity index (χ0v) is 17.8. The van der Waals surface area contributed by atoms with Gasteiger partial charge in [0.15, 0.2) is 0 Å². The number of amides is 2. The second-order valence-corrected chi connectivity index (χ2v) is 9.39. The second-order valence-electron chi connectivity index (χ2n) is 6.91. The SMILES string of the molecule is Cc1ccc(NC(=O)CN(C)S(=O)(=O)c2ccc(Cl)cc2)cc1N1CCCC1=O. The van der Waals surface area contributed by atoms with E-state index in [1.54, 1.807) is 17.0 Å². The fourth-order valence-corrected chi connectivity index (χ4v) is 4.41. The molecule has 0 atom stereocenters. The summed E-state index contributed by atoms with van der Waals surface area (Å²) >= 11 is 5.80. The van der Waals surface area contributed by atoms with E-state index in [1.165, 1.54) is 31.3 Å². The Balaban J connectivity index is 1.70. The van der Waals surface area contributed by atoms with E-state index in [-0.39, 0.29) is 17.3 Å². The first-order valence-electron chi connectivity index (χ1n) is 9.11. The molecule has 7 nitrogen and oxygen atoms in total. The number of carbonyl (C=O) groups is 2. The van der Waals surface area contributed by atoms with E-state index in [0.29, 0.717) is 23.7 Å². The summed E-state index contributed by atoms with van der Waals surface area (Å²) in [6.07, 6.45) is 1.32. The highest BCUT2D eigenvalue weighted by Crippen LogP contribution is 2.28. The molecule has 2 aromatic carbocycles. The second kappa shape index (κ2) is 8.52. The lowest BCUT2D eigenvalue weighted by molar-refractivity contribution is -0.117. The molecule has 0 aliphatic carbocycles. The lowest BCUT2D eigenvalue weighted by atomic mass is 10.1. The number of sulfonamides is 1. The first-order valence-corrected chi connectivity index (χ1v) is 10.9. The van der Waals surface area contributed by atoms with Gasteiger partial charge in [-0.25, -0.2) is 8.42 Å². The van der Waals surface area contributed by atoms with Crippen LogP contribution in [0.15, 0.2) is 47.4 Å². The Bertz CT molecular complexity index is 1040. The van der Waals surface area contributed by atoms with Gasteiger partial charge in [-0.2, -0.15) is 4.31 Å². The lowest BCUT2D eigenvalue weighted by Crippen LogP contribution is -2.35. The Morgan fingerprint density at radius 1 is 1.21 bits per heavy atom. The molecule has 1 heterocycles. The standard InChI is InChI=1S/C20H22ClN3O4S/c1-14-5-8-16(12-18(14)24-11-3-4-20(24)26)22-19(25)13-23(2)29(27,28)17-9-6-15(21)7-10-17/h5-10,12H,3-4,11,13H2,1-2H3,(H,22,25). The summed E-state index contributed by atoms with van der Waals surface area (Å²) in [7, 11) is -2.48. The summed E-state index contributed by atoms with van der Waals surface area (Å²) in [6, 6.07) is 11.0. The normalized spacial score (nSPS) is 14.5. The topological polar surface area (TPSA) is 86.8 Å². The minimum absolute atomic E-state index is 0.0577. The van der Waals surface area contributed by atoms with Gasteiger partial charge in [0.05, 0.1) is 11.4 Å². The highest BCUT2D eigenvalue weighted by molar-refractivity contribution is 7.89. The van der Waals surface area contributed by atoms with Crippen LogP contribution in [0.2, 0.25) is 5.02 Å². The zero-order chi connectivity index (χ0) is 21.2. The highest BCUT2D eigenvalue weighted by Gasteiger charge is 2.25. The average Bonchev–Trinajstić information content (AvgIpc) is 3.09. The molecule has 29 heavy (non-hydrogen) atoms. The summed E-state index contributed by atoms with van der Waals surface area (Å²) in [4.78, 5) is 26.2. The molecule has 0 radical (unpaired) electrons. The van der Waals surface area contributed by atoms with Crippen molar-refractivity contribution in [3.63, 3.8) is 0 Å². The van der Waals surface area contributed by atoms with Crippen LogP contribution in [0, 0.1) is 6.92 Å². The fraction of sp³-hybridized carbons (Fsp3) is 0.300. The molecule has 0 saturated carbocycles. The fourth-order valence-electron chi connectivity index (χ4n) is 3.16. The van der Waals surface area contributed by atoms with Crippen molar-refractivity contribution in [3.8, 4) is 0 Å². The van der Waals surface area contributed by atoms with Crippen molar-refractivity contribution in [3.05, 3.63) is 53.1 Å². The van der Waals surface area contributed by atoms with Crippen LogP contribution in [0.1, 0.15) is 18.4 Å². The summed E-state index contributed by atoms with van der Waals surface area (Å²) in [5.74, 6) is -0.419. The Hall–Kier alpha value is -2.42. The van der Waals surface area contributed by atoms with Crippen LogP contribution < -0.4 is 10.2 Å². The molecule has 1 N–H and O–H groups in total. The Kier molecular flexibility index (Phi) is 6.26. The largest absolute Gasteiger partial charge is 0.325 e. The smallest absolute Gasteiger partial charge is 0.243 e. The Morgan fingerprint density at radius 3 is 2.52 bits per heavy atom. The number of halogens is 1. The third kappa shape index (κ3) is 4.77. The van der Waals surface area contributed by atoms with Crippen LogP contribution in [-0.2, 0) is 19.6 Å². The first kappa shape index (κ1) is 21.3. The Labute approximate surface area is 175 Å². The van der Waals surface area contributed by atoms with Gasteiger partial charge in [0.2, 0.25) is 21.8 Å². The predicted molar refractivity (Wildman–Crippen MR) is 113 cm³/mol. The molecule has 9 heteroatoms. The van der Waals surface area contributed by atoms with Gasteiger partial charge < -0.3 is 10.2 Å². The molecule has 1 fully saturated rings. The number of benzene rings is 2. The van der Waals surface area contributed by atoms with E-state index in [1.807, 2.05) is 13.0 Å². The van der Waals surface area contributed by atoms with Gasteiger partial charge in [-0.1, -0.05) is 17.7 Å². The number of anilines is 2. The minimum atomic E-state index is -3.82. The average molecular weight is 436 g/mol. The van der Waals surface area contributed by atoms with Crippen molar-refractivity contribution in [1.82, 2.24) is 4.31 Å². The maximum Gasteiger partial charge on any atom is 0.243 e. The van der Waals surface area contributed by atoms with Crippen molar-refractivity contribution in [1.29, 1.82) is 0 Å². The zero-order valence-electron chi connectivity index (χ0n) is 16.2.